The van der Waals surface area contributed by atoms with E-state index in [2.05, 4.69) is 42.7 Å². The standard InChI is InChI=1S/C25H25N5OS/c1-16-24(17(2)30(29-16)22-9-11-23(31-3)12-10-22)19-7-8-21(14-19)28-25(32)27-20-6-4-5-18(13-20)15-26/h4-13,19,21H,14H2,1-3H3,(H2,27,28,32). The molecule has 1 aromatic heterocycles. The van der Waals surface area contributed by atoms with Gasteiger partial charge in [0.1, 0.15) is 5.75 Å². The molecule has 2 atom stereocenters. The van der Waals surface area contributed by atoms with Crippen molar-refractivity contribution in [3.8, 4) is 17.5 Å². The Morgan fingerprint density at radius 1 is 1.19 bits per heavy atom. The van der Waals surface area contributed by atoms with E-state index in [-0.39, 0.29) is 12.0 Å². The minimum Gasteiger partial charge on any atom is -0.497 e. The SMILES string of the molecule is COc1ccc(-n2nc(C)c(C3C=CC(NC(=S)Nc4cccc(C#N)c4)C3)c2C)cc1. The molecule has 162 valence electrons. The number of anilines is 1. The molecule has 2 aromatic carbocycles. The fourth-order valence-corrected chi connectivity index (χ4v) is 4.46. The molecule has 0 spiro atoms. The zero-order valence-corrected chi connectivity index (χ0v) is 19.1. The predicted molar refractivity (Wildman–Crippen MR) is 130 cm³/mol. The number of ether oxygens (including phenoxy) is 1. The number of aryl methyl sites for hydroxylation is 1. The summed E-state index contributed by atoms with van der Waals surface area (Å²) in [4.78, 5) is 0. The van der Waals surface area contributed by atoms with Crippen LogP contribution in [0.5, 0.6) is 5.75 Å². The maximum absolute atomic E-state index is 9.06. The highest BCUT2D eigenvalue weighted by Crippen LogP contribution is 2.34. The Hall–Kier alpha value is -3.63. The van der Waals surface area contributed by atoms with Gasteiger partial charge in [-0.3, -0.25) is 0 Å². The zero-order chi connectivity index (χ0) is 22.7. The zero-order valence-electron chi connectivity index (χ0n) is 18.3. The van der Waals surface area contributed by atoms with Gasteiger partial charge in [0.05, 0.1) is 30.1 Å². The van der Waals surface area contributed by atoms with Crippen LogP contribution in [-0.2, 0) is 0 Å². The molecule has 2 N–H and O–H groups in total. The number of hydrogen-bond donors (Lipinski definition) is 2. The van der Waals surface area contributed by atoms with E-state index < -0.39 is 0 Å². The molecule has 6 nitrogen and oxygen atoms in total. The van der Waals surface area contributed by atoms with Crippen LogP contribution in [0.3, 0.4) is 0 Å². The summed E-state index contributed by atoms with van der Waals surface area (Å²) in [5.41, 5.74) is 5.83. The van der Waals surface area contributed by atoms with E-state index in [9.17, 15) is 0 Å². The van der Waals surface area contributed by atoms with Crippen molar-refractivity contribution in [3.63, 3.8) is 0 Å². The first-order chi connectivity index (χ1) is 15.5. The smallest absolute Gasteiger partial charge is 0.171 e. The molecule has 0 saturated carbocycles. The molecule has 0 bridgehead atoms. The van der Waals surface area contributed by atoms with Crippen molar-refractivity contribution in [3.05, 3.63) is 83.2 Å². The van der Waals surface area contributed by atoms with E-state index in [1.165, 1.54) is 5.56 Å². The highest BCUT2D eigenvalue weighted by Gasteiger charge is 2.26. The van der Waals surface area contributed by atoms with Crippen LogP contribution >= 0.6 is 12.2 Å². The Morgan fingerprint density at radius 3 is 2.69 bits per heavy atom. The summed E-state index contributed by atoms with van der Waals surface area (Å²) in [5, 5.41) is 20.9. The van der Waals surface area contributed by atoms with E-state index in [0.717, 1.165) is 34.9 Å². The third-order valence-electron chi connectivity index (χ3n) is 5.68. The summed E-state index contributed by atoms with van der Waals surface area (Å²) in [6, 6.07) is 17.5. The third-order valence-corrected chi connectivity index (χ3v) is 5.90. The first-order valence-electron chi connectivity index (χ1n) is 10.4. The molecule has 4 rings (SSSR count). The molecule has 0 aliphatic heterocycles. The minimum absolute atomic E-state index is 0.127. The minimum atomic E-state index is 0.127. The normalized spacial score (nSPS) is 17.1. The number of aromatic nitrogens is 2. The number of nitriles is 1. The Labute approximate surface area is 193 Å². The predicted octanol–water partition coefficient (Wildman–Crippen LogP) is 4.77. The number of nitrogens with zero attached hydrogens (tertiary/aromatic N) is 3. The van der Waals surface area contributed by atoms with Crippen molar-refractivity contribution in [2.45, 2.75) is 32.2 Å². The molecule has 0 radical (unpaired) electrons. The molecule has 0 fully saturated rings. The Bertz CT molecular complexity index is 1210. The average molecular weight is 444 g/mol. The van der Waals surface area contributed by atoms with Crippen LogP contribution < -0.4 is 15.4 Å². The van der Waals surface area contributed by atoms with E-state index in [0.29, 0.717) is 10.7 Å². The number of methoxy groups -OCH3 is 1. The molecule has 3 aromatic rings. The van der Waals surface area contributed by atoms with Gasteiger partial charge in [-0.25, -0.2) is 4.68 Å². The highest BCUT2D eigenvalue weighted by molar-refractivity contribution is 7.80. The summed E-state index contributed by atoms with van der Waals surface area (Å²) >= 11 is 5.48. The van der Waals surface area contributed by atoms with Crippen LogP contribution in [-0.4, -0.2) is 28.0 Å². The van der Waals surface area contributed by atoms with E-state index in [1.54, 1.807) is 19.2 Å². The number of benzene rings is 2. The molecule has 1 aliphatic rings. The summed E-state index contributed by atoms with van der Waals surface area (Å²) in [5.74, 6) is 1.09. The monoisotopic (exact) mass is 443 g/mol. The van der Waals surface area contributed by atoms with Crippen molar-refractivity contribution in [2.24, 2.45) is 0 Å². The van der Waals surface area contributed by atoms with Crippen LogP contribution in [0.15, 0.2) is 60.7 Å². The second-order valence-electron chi connectivity index (χ2n) is 7.82. The molecule has 7 heteroatoms. The van der Waals surface area contributed by atoms with Gasteiger partial charge in [-0.15, -0.1) is 0 Å². The lowest BCUT2D eigenvalue weighted by Gasteiger charge is -2.17. The Morgan fingerprint density at radius 2 is 1.97 bits per heavy atom. The van der Waals surface area contributed by atoms with E-state index >= 15 is 0 Å². The molecule has 1 heterocycles. The van der Waals surface area contributed by atoms with E-state index in [1.807, 2.05) is 41.1 Å². The Kier molecular flexibility index (Phi) is 6.24. The third kappa shape index (κ3) is 4.51. The lowest BCUT2D eigenvalue weighted by atomic mass is 9.96. The van der Waals surface area contributed by atoms with Crippen molar-refractivity contribution in [1.29, 1.82) is 5.26 Å². The summed E-state index contributed by atoms with van der Waals surface area (Å²) in [6.07, 6.45) is 5.29. The van der Waals surface area contributed by atoms with Gasteiger partial charge in [-0.2, -0.15) is 10.4 Å². The summed E-state index contributed by atoms with van der Waals surface area (Å²) in [6.45, 7) is 4.17. The quantitative estimate of drug-likeness (QED) is 0.437. The number of nitrogens with one attached hydrogen (secondary N) is 2. The first kappa shape index (κ1) is 21.6. The molecule has 1 aliphatic carbocycles. The van der Waals surface area contributed by atoms with Crippen molar-refractivity contribution >= 4 is 23.0 Å². The van der Waals surface area contributed by atoms with E-state index in [4.69, 9.17) is 27.3 Å². The second kappa shape index (κ2) is 9.25. The number of hydrogen-bond acceptors (Lipinski definition) is 4. The van der Waals surface area contributed by atoms with Crippen LogP contribution in [0.25, 0.3) is 5.69 Å². The van der Waals surface area contributed by atoms with Gasteiger partial charge in [0.2, 0.25) is 0 Å². The molecular weight excluding hydrogens is 418 g/mol. The molecule has 2 unspecified atom stereocenters. The summed E-state index contributed by atoms with van der Waals surface area (Å²) in [7, 11) is 1.66. The lowest BCUT2D eigenvalue weighted by Crippen LogP contribution is -2.35. The average Bonchev–Trinajstić information content (AvgIpc) is 3.36. The Balaban J connectivity index is 1.43. The van der Waals surface area contributed by atoms with Gasteiger partial charge >= 0.3 is 0 Å². The number of rotatable bonds is 5. The van der Waals surface area contributed by atoms with Crippen LogP contribution in [0.2, 0.25) is 0 Å². The fourth-order valence-electron chi connectivity index (χ4n) is 4.19. The van der Waals surface area contributed by atoms with Gasteiger partial charge in [0, 0.05) is 28.9 Å². The lowest BCUT2D eigenvalue weighted by molar-refractivity contribution is 0.414. The molecule has 0 amide bonds. The second-order valence-corrected chi connectivity index (χ2v) is 8.23. The molecular formula is C25H25N5OS. The number of allylic oxidation sites excluding steroid dienone is 1. The van der Waals surface area contributed by atoms with Gasteiger partial charge in [-0.1, -0.05) is 18.2 Å². The summed E-state index contributed by atoms with van der Waals surface area (Å²) < 4.78 is 7.26. The molecule has 0 saturated heterocycles. The van der Waals surface area contributed by atoms with Crippen molar-refractivity contribution < 1.29 is 4.74 Å². The van der Waals surface area contributed by atoms with Gasteiger partial charge in [0.25, 0.3) is 0 Å². The maximum Gasteiger partial charge on any atom is 0.171 e. The van der Waals surface area contributed by atoms with Crippen LogP contribution in [0.1, 0.15) is 34.9 Å². The fraction of sp³-hybridized carbons (Fsp3) is 0.240. The van der Waals surface area contributed by atoms with Crippen molar-refractivity contribution in [1.82, 2.24) is 15.1 Å². The van der Waals surface area contributed by atoms with Crippen LogP contribution in [0.4, 0.5) is 5.69 Å². The van der Waals surface area contributed by atoms with Gasteiger partial charge in [0.15, 0.2) is 5.11 Å². The largest absolute Gasteiger partial charge is 0.497 e. The highest BCUT2D eigenvalue weighted by atomic mass is 32.1. The molecule has 32 heavy (non-hydrogen) atoms. The van der Waals surface area contributed by atoms with Crippen molar-refractivity contribution in [2.75, 3.05) is 12.4 Å². The first-order valence-corrected chi connectivity index (χ1v) is 10.9. The van der Waals surface area contributed by atoms with Gasteiger partial charge in [-0.05, 0) is 75.0 Å². The maximum atomic E-state index is 9.06. The number of thiocarbonyl (C=S) groups is 1. The van der Waals surface area contributed by atoms with Gasteiger partial charge < -0.3 is 15.4 Å². The topological polar surface area (TPSA) is 74.9 Å². The van der Waals surface area contributed by atoms with Crippen LogP contribution in [0, 0.1) is 25.2 Å².